The summed E-state index contributed by atoms with van der Waals surface area (Å²) in [5, 5.41) is 0. The summed E-state index contributed by atoms with van der Waals surface area (Å²) in [4.78, 5) is 14.7. The van der Waals surface area contributed by atoms with Crippen molar-refractivity contribution >= 4 is 5.97 Å². The van der Waals surface area contributed by atoms with Crippen LogP contribution >= 0.6 is 0 Å². The summed E-state index contributed by atoms with van der Waals surface area (Å²) in [6.45, 7) is 15.4. The first-order valence-electron chi connectivity index (χ1n) is 10.5. The van der Waals surface area contributed by atoms with Gasteiger partial charge in [0.1, 0.15) is 0 Å². The van der Waals surface area contributed by atoms with E-state index < -0.39 is 0 Å². The molecule has 1 aliphatic heterocycles. The maximum Gasteiger partial charge on any atom is 0.333 e. The third-order valence-electron chi connectivity index (χ3n) is 4.90. The zero-order chi connectivity index (χ0) is 18.9. The second-order valence-electron chi connectivity index (χ2n) is 8.55. The third kappa shape index (κ3) is 7.03. The Bertz CT molecular complexity index is 406. The fourth-order valence-electron chi connectivity index (χ4n) is 3.85. The smallest absolute Gasteiger partial charge is 0.333 e. The van der Waals surface area contributed by atoms with Crippen LogP contribution in [0.4, 0.5) is 0 Å². The molecule has 3 heteroatoms. The van der Waals surface area contributed by atoms with E-state index in [-0.39, 0.29) is 11.6 Å². The van der Waals surface area contributed by atoms with Gasteiger partial charge in [-0.3, -0.25) is 0 Å². The summed E-state index contributed by atoms with van der Waals surface area (Å²) in [5.74, 6) is 0.999. The average molecular weight is 352 g/mol. The molecule has 3 nitrogen and oxygen atoms in total. The van der Waals surface area contributed by atoms with Crippen molar-refractivity contribution in [2.75, 3.05) is 13.1 Å². The number of cyclic esters (lactones) is 1. The first-order valence-corrected chi connectivity index (χ1v) is 10.5. The van der Waals surface area contributed by atoms with Gasteiger partial charge >= 0.3 is 5.97 Å². The van der Waals surface area contributed by atoms with Gasteiger partial charge in [0, 0.05) is 19.2 Å². The van der Waals surface area contributed by atoms with Crippen molar-refractivity contribution in [3.05, 3.63) is 11.8 Å². The summed E-state index contributed by atoms with van der Waals surface area (Å²) >= 11 is 0. The Morgan fingerprint density at radius 2 is 1.40 bits per heavy atom. The van der Waals surface area contributed by atoms with Crippen molar-refractivity contribution in [1.29, 1.82) is 0 Å². The minimum Gasteiger partial charge on any atom is -0.449 e. The maximum absolute atomic E-state index is 12.3. The van der Waals surface area contributed by atoms with Crippen LogP contribution in [-0.4, -0.2) is 29.6 Å². The van der Waals surface area contributed by atoms with Crippen LogP contribution in [0.5, 0.6) is 0 Å². The van der Waals surface area contributed by atoms with E-state index in [0.29, 0.717) is 11.8 Å². The van der Waals surface area contributed by atoms with Crippen LogP contribution in [0.3, 0.4) is 0 Å². The van der Waals surface area contributed by atoms with Crippen LogP contribution in [0, 0.1) is 11.8 Å². The second kappa shape index (κ2) is 10.9. The maximum atomic E-state index is 12.3. The van der Waals surface area contributed by atoms with Gasteiger partial charge in [0.25, 0.3) is 0 Å². The highest BCUT2D eigenvalue weighted by atomic mass is 16.6. The van der Waals surface area contributed by atoms with Gasteiger partial charge in [0.05, 0.1) is 5.70 Å². The van der Waals surface area contributed by atoms with Crippen molar-refractivity contribution in [3.63, 3.8) is 0 Å². The predicted octanol–water partition coefficient (Wildman–Crippen LogP) is 5.94. The van der Waals surface area contributed by atoms with Crippen molar-refractivity contribution in [1.82, 2.24) is 4.90 Å². The SMILES string of the molecule is CCCCCC1(CCCCC)OC(=O)C=C1N(CC(C)C)CC(C)C. The van der Waals surface area contributed by atoms with Crippen LogP contribution in [0.15, 0.2) is 11.8 Å². The lowest BCUT2D eigenvalue weighted by atomic mass is 9.86. The molecular weight excluding hydrogens is 310 g/mol. The molecule has 1 rings (SSSR count). The monoisotopic (exact) mass is 351 g/mol. The lowest BCUT2D eigenvalue weighted by Crippen LogP contribution is -2.43. The fraction of sp³-hybridized carbons (Fsp3) is 0.864. The minimum atomic E-state index is -0.384. The molecule has 0 aromatic carbocycles. The Kier molecular flexibility index (Phi) is 9.60. The quantitative estimate of drug-likeness (QED) is 0.304. The second-order valence-corrected chi connectivity index (χ2v) is 8.55. The molecule has 25 heavy (non-hydrogen) atoms. The molecule has 0 spiro atoms. The zero-order valence-electron chi connectivity index (χ0n) is 17.6. The van der Waals surface area contributed by atoms with Crippen LogP contribution in [0.1, 0.15) is 92.9 Å². The number of ether oxygens (including phenoxy) is 1. The van der Waals surface area contributed by atoms with E-state index in [9.17, 15) is 4.79 Å². The van der Waals surface area contributed by atoms with Crippen molar-refractivity contribution in [3.8, 4) is 0 Å². The van der Waals surface area contributed by atoms with Gasteiger partial charge in [-0.1, -0.05) is 67.2 Å². The molecule has 0 atom stereocenters. The van der Waals surface area contributed by atoms with Crippen LogP contribution in [0.2, 0.25) is 0 Å². The van der Waals surface area contributed by atoms with Gasteiger partial charge in [0.15, 0.2) is 5.60 Å². The summed E-state index contributed by atoms with van der Waals surface area (Å²) in [6, 6.07) is 0. The Morgan fingerprint density at radius 3 is 1.80 bits per heavy atom. The van der Waals surface area contributed by atoms with Gasteiger partial charge < -0.3 is 9.64 Å². The van der Waals surface area contributed by atoms with Gasteiger partial charge in [0.2, 0.25) is 0 Å². The highest BCUT2D eigenvalue weighted by Crippen LogP contribution is 2.40. The van der Waals surface area contributed by atoms with E-state index in [4.69, 9.17) is 4.74 Å². The zero-order valence-corrected chi connectivity index (χ0v) is 17.6. The number of rotatable bonds is 13. The fourth-order valence-corrected chi connectivity index (χ4v) is 3.85. The minimum absolute atomic E-state index is 0.138. The Hall–Kier alpha value is -0.990. The number of hydrogen-bond acceptors (Lipinski definition) is 3. The van der Waals surface area contributed by atoms with E-state index in [1.807, 2.05) is 0 Å². The molecule has 0 aliphatic carbocycles. The van der Waals surface area contributed by atoms with Crippen LogP contribution in [0.25, 0.3) is 0 Å². The number of carbonyl (C=O) groups excluding carboxylic acids is 1. The van der Waals surface area contributed by atoms with Gasteiger partial charge in [-0.25, -0.2) is 4.79 Å². The van der Waals surface area contributed by atoms with E-state index in [0.717, 1.165) is 44.5 Å². The standard InChI is InChI=1S/C22H41NO2/c1-7-9-11-13-22(14-12-10-8-2)20(15-21(24)25-22)23(16-18(3)4)17-19(5)6/h15,18-19H,7-14,16-17H2,1-6H3. The van der Waals surface area contributed by atoms with Crippen molar-refractivity contribution in [2.45, 2.75) is 98.5 Å². The molecule has 0 unspecified atom stereocenters. The Morgan fingerprint density at radius 1 is 0.920 bits per heavy atom. The third-order valence-corrected chi connectivity index (χ3v) is 4.90. The van der Waals surface area contributed by atoms with E-state index in [1.165, 1.54) is 25.7 Å². The van der Waals surface area contributed by atoms with Gasteiger partial charge in [-0.05, 0) is 37.5 Å². The molecule has 0 N–H and O–H groups in total. The topological polar surface area (TPSA) is 29.5 Å². The first kappa shape index (κ1) is 22.1. The number of unbranched alkanes of at least 4 members (excludes halogenated alkanes) is 4. The molecule has 0 radical (unpaired) electrons. The lowest BCUT2D eigenvalue weighted by molar-refractivity contribution is -0.148. The summed E-state index contributed by atoms with van der Waals surface area (Å²) in [6.07, 6.45) is 10.8. The molecular formula is C22H41NO2. The van der Waals surface area contributed by atoms with Gasteiger partial charge in [-0.15, -0.1) is 0 Å². The highest BCUT2D eigenvalue weighted by molar-refractivity contribution is 5.86. The Labute approximate surface area is 156 Å². The molecule has 0 aromatic rings. The molecule has 146 valence electrons. The molecule has 1 heterocycles. The molecule has 0 bridgehead atoms. The number of carbonyl (C=O) groups is 1. The number of esters is 1. The molecule has 0 fully saturated rings. The molecule has 0 saturated heterocycles. The van der Waals surface area contributed by atoms with E-state index in [2.05, 4.69) is 46.4 Å². The van der Waals surface area contributed by atoms with Gasteiger partial charge in [-0.2, -0.15) is 0 Å². The van der Waals surface area contributed by atoms with Crippen LogP contribution in [-0.2, 0) is 9.53 Å². The predicted molar refractivity (Wildman–Crippen MR) is 106 cm³/mol. The van der Waals surface area contributed by atoms with Crippen molar-refractivity contribution < 1.29 is 9.53 Å². The highest BCUT2D eigenvalue weighted by Gasteiger charge is 2.44. The first-order chi connectivity index (χ1) is 11.8. The van der Waals surface area contributed by atoms with Crippen molar-refractivity contribution in [2.24, 2.45) is 11.8 Å². The molecule has 0 amide bonds. The summed E-state index contributed by atoms with van der Waals surface area (Å²) in [5.41, 5.74) is 0.776. The van der Waals surface area contributed by atoms with E-state index in [1.54, 1.807) is 6.08 Å². The number of nitrogens with zero attached hydrogens (tertiary/aromatic N) is 1. The summed E-state index contributed by atoms with van der Waals surface area (Å²) < 4.78 is 6.03. The van der Waals surface area contributed by atoms with E-state index >= 15 is 0 Å². The average Bonchev–Trinajstić information content (AvgIpc) is 2.83. The summed E-state index contributed by atoms with van der Waals surface area (Å²) in [7, 11) is 0. The van der Waals surface area contributed by atoms with Crippen LogP contribution < -0.4 is 0 Å². The largest absolute Gasteiger partial charge is 0.449 e. The lowest BCUT2D eigenvalue weighted by Gasteiger charge is -2.39. The normalized spacial score (nSPS) is 16.5. The molecule has 0 aromatic heterocycles. The molecule has 0 saturated carbocycles. The molecule has 1 aliphatic rings. The Balaban J connectivity index is 3.07. The number of hydrogen-bond donors (Lipinski definition) is 0.